The standard InChI is InChI=1S/C26H25N5O6S/c1-34-20-10-7-11-21(35-2)25(20)38(32,33)31-26-18-14-23(36-3)19(15-22(18)37-30-26)27-24-13-17(28-29-24)12-16-8-5-4-6-9-16/h4-11,13-15H,12H2,1-3H3,(H,30,31)(H2,27,28,29). The van der Waals surface area contributed by atoms with E-state index in [9.17, 15) is 8.42 Å². The number of anilines is 3. The zero-order valence-corrected chi connectivity index (χ0v) is 21.6. The molecule has 2 heterocycles. The van der Waals surface area contributed by atoms with Crippen LogP contribution in [-0.4, -0.2) is 45.1 Å². The second-order valence-corrected chi connectivity index (χ2v) is 9.86. The molecule has 0 unspecified atom stereocenters. The number of nitrogens with zero attached hydrogens (tertiary/aromatic N) is 2. The van der Waals surface area contributed by atoms with Crippen molar-refractivity contribution in [1.29, 1.82) is 0 Å². The van der Waals surface area contributed by atoms with Crippen molar-refractivity contribution in [2.45, 2.75) is 11.3 Å². The van der Waals surface area contributed by atoms with E-state index in [0.29, 0.717) is 34.6 Å². The predicted molar refractivity (Wildman–Crippen MR) is 142 cm³/mol. The topological polar surface area (TPSA) is 141 Å². The van der Waals surface area contributed by atoms with Gasteiger partial charge in [0.05, 0.1) is 32.4 Å². The summed E-state index contributed by atoms with van der Waals surface area (Å²) in [7, 11) is 0.109. The minimum atomic E-state index is -4.15. The highest BCUT2D eigenvalue weighted by molar-refractivity contribution is 7.93. The average molecular weight is 536 g/mol. The minimum Gasteiger partial charge on any atom is -0.495 e. The van der Waals surface area contributed by atoms with Crippen LogP contribution in [0.15, 0.2) is 76.1 Å². The van der Waals surface area contributed by atoms with Crippen LogP contribution < -0.4 is 24.2 Å². The Morgan fingerprint density at radius 1 is 0.895 bits per heavy atom. The maximum Gasteiger partial charge on any atom is 0.270 e. The molecule has 0 aliphatic heterocycles. The fraction of sp³-hybridized carbons (Fsp3) is 0.154. The molecule has 0 spiro atoms. The third-order valence-electron chi connectivity index (χ3n) is 5.81. The Bertz CT molecular complexity index is 1660. The molecule has 0 saturated carbocycles. The molecule has 0 fully saturated rings. The third-order valence-corrected chi connectivity index (χ3v) is 7.21. The van der Waals surface area contributed by atoms with Crippen molar-refractivity contribution in [1.82, 2.24) is 15.4 Å². The fourth-order valence-electron chi connectivity index (χ4n) is 4.04. The van der Waals surface area contributed by atoms with Crippen LogP contribution in [0.4, 0.5) is 17.3 Å². The molecule has 5 aromatic rings. The van der Waals surface area contributed by atoms with Crippen LogP contribution >= 0.6 is 0 Å². The SMILES string of the molecule is COc1cc2c(NS(=O)(=O)c3c(OC)cccc3OC)noc2cc1Nc1cc(Cc2ccccc2)[nH]n1. The quantitative estimate of drug-likeness (QED) is 0.232. The van der Waals surface area contributed by atoms with Gasteiger partial charge in [-0.25, -0.2) is 8.42 Å². The second kappa shape index (κ2) is 10.3. The number of H-pyrrole nitrogens is 1. The van der Waals surface area contributed by atoms with Gasteiger partial charge in [-0.3, -0.25) is 9.82 Å². The summed E-state index contributed by atoms with van der Waals surface area (Å²) in [5.74, 6) is 1.25. The van der Waals surface area contributed by atoms with Crippen LogP contribution in [0, 0.1) is 0 Å². The summed E-state index contributed by atoms with van der Waals surface area (Å²) in [4.78, 5) is -0.156. The van der Waals surface area contributed by atoms with Gasteiger partial charge in [-0.2, -0.15) is 5.10 Å². The molecule has 0 aliphatic rings. The molecule has 0 radical (unpaired) electrons. The van der Waals surface area contributed by atoms with Crippen molar-refractivity contribution in [3.63, 3.8) is 0 Å². The first-order valence-electron chi connectivity index (χ1n) is 11.5. The van der Waals surface area contributed by atoms with E-state index >= 15 is 0 Å². The van der Waals surface area contributed by atoms with E-state index in [2.05, 4.69) is 25.4 Å². The van der Waals surface area contributed by atoms with E-state index < -0.39 is 10.0 Å². The molecule has 3 N–H and O–H groups in total. The number of benzene rings is 3. The summed E-state index contributed by atoms with van der Waals surface area (Å²) in [5.41, 5.74) is 2.98. The zero-order chi connectivity index (χ0) is 26.7. The summed E-state index contributed by atoms with van der Waals surface area (Å²) in [6, 6.07) is 19.9. The molecule has 0 saturated heterocycles. The molecule has 5 rings (SSSR count). The first-order chi connectivity index (χ1) is 18.4. The lowest BCUT2D eigenvalue weighted by molar-refractivity contribution is 0.373. The highest BCUT2D eigenvalue weighted by Gasteiger charge is 2.27. The van der Waals surface area contributed by atoms with Gasteiger partial charge in [0.2, 0.25) is 0 Å². The first-order valence-corrected chi connectivity index (χ1v) is 13.0. The second-order valence-electron chi connectivity index (χ2n) is 8.24. The lowest BCUT2D eigenvalue weighted by Crippen LogP contribution is -2.15. The summed E-state index contributed by atoms with van der Waals surface area (Å²) >= 11 is 0. The molecular weight excluding hydrogens is 510 g/mol. The number of ether oxygens (including phenoxy) is 3. The monoisotopic (exact) mass is 535 g/mol. The Labute approximate surface area is 218 Å². The number of methoxy groups -OCH3 is 3. The molecule has 11 nitrogen and oxygen atoms in total. The number of hydrogen-bond donors (Lipinski definition) is 3. The van der Waals surface area contributed by atoms with E-state index in [-0.39, 0.29) is 22.2 Å². The zero-order valence-electron chi connectivity index (χ0n) is 20.8. The van der Waals surface area contributed by atoms with Gasteiger partial charge in [0.1, 0.15) is 17.2 Å². The van der Waals surface area contributed by atoms with Gasteiger partial charge in [0.25, 0.3) is 10.0 Å². The van der Waals surface area contributed by atoms with Crippen LogP contribution in [0.5, 0.6) is 17.2 Å². The smallest absolute Gasteiger partial charge is 0.270 e. The minimum absolute atomic E-state index is 0.0114. The van der Waals surface area contributed by atoms with Gasteiger partial charge in [-0.1, -0.05) is 41.6 Å². The molecule has 12 heteroatoms. The van der Waals surface area contributed by atoms with Gasteiger partial charge in [0.15, 0.2) is 22.1 Å². The number of hydrogen-bond acceptors (Lipinski definition) is 9. The van der Waals surface area contributed by atoms with Crippen LogP contribution in [0.1, 0.15) is 11.3 Å². The summed E-state index contributed by atoms with van der Waals surface area (Å²) in [5, 5.41) is 14.9. The van der Waals surface area contributed by atoms with Gasteiger partial charge in [-0.15, -0.1) is 0 Å². The highest BCUT2D eigenvalue weighted by Crippen LogP contribution is 2.38. The van der Waals surface area contributed by atoms with Crippen molar-refractivity contribution < 1.29 is 27.2 Å². The number of aromatic nitrogens is 3. The molecule has 196 valence electrons. The molecule has 38 heavy (non-hydrogen) atoms. The largest absolute Gasteiger partial charge is 0.495 e. The summed E-state index contributed by atoms with van der Waals surface area (Å²) in [6.45, 7) is 0. The van der Waals surface area contributed by atoms with Crippen molar-refractivity contribution >= 4 is 38.3 Å². The van der Waals surface area contributed by atoms with Gasteiger partial charge in [-0.05, 0) is 23.8 Å². The lowest BCUT2D eigenvalue weighted by Gasteiger charge is -2.14. The summed E-state index contributed by atoms with van der Waals surface area (Å²) in [6.07, 6.45) is 0.703. The van der Waals surface area contributed by atoms with Crippen molar-refractivity contribution in [3.05, 3.63) is 78.0 Å². The van der Waals surface area contributed by atoms with Crippen LogP contribution in [0.3, 0.4) is 0 Å². The van der Waals surface area contributed by atoms with Crippen LogP contribution in [0.25, 0.3) is 11.0 Å². The Balaban J connectivity index is 1.42. The van der Waals surface area contributed by atoms with Crippen molar-refractivity contribution in [2.75, 3.05) is 31.4 Å². The van der Waals surface area contributed by atoms with Gasteiger partial charge >= 0.3 is 0 Å². The van der Waals surface area contributed by atoms with Crippen LogP contribution in [-0.2, 0) is 16.4 Å². The Morgan fingerprint density at radius 2 is 1.61 bits per heavy atom. The Kier molecular flexibility index (Phi) is 6.79. The maximum atomic E-state index is 13.3. The molecule has 0 amide bonds. The van der Waals surface area contributed by atoms with Crippen molar-refractivity contribution in [2.24, 2.45) is 0 Å². The fourth-order valence-corrected chi connectivity index (χ4v) is 5.37. The van der Waals surface area contributed by atoms with Gasteiger partial charge in [0, 0.05) is 24.2 Å². The average Bonchev–Trinajstić information content (AvgIpc) is 3.53. The number of sulfonamides is 1. The van der Waals surface area contributed by atoms with Crippen molar-refractivity contribution in [3.8, 4) is 17.2 Å². The molecule has 3 aromatic carbocycles. The van der Waals surface area contributed by atoms with E-state index in [1.807, 2.05) is 36.4 Å². The third kappa shape index (κ3) is 4.93. The summed E-state index contributed by atoms with van der Waals surface area (Å²) < 4.78 is 50.5. The number of fused-ring (bicyclic) bond motifs is 1. The Morgan fingerprint density at radius 3 is 2.29 bits per heavy atom. The predicted octanol–water partition coefficient (Wildman–Crippen LogP) is 4.71. The maximum absolute atomic E-state index is 13.3. The Hall–Kier alpha value is -4.71. The molecule has 0 bridgehead atoms. The first kappa shape index (κ1) is 25.0. The molecule has 0 atom stereocenters. The normalized spacial score (nSPS) is 11.3. The van der Waals surface area contributed by atoms with Crippen LogP contribution in [0.2, 0.25) is 0 Å². The highest BCUT2D eigenvalue weighted by atomic mass is 32.2. The molecule has 2 aromatic heterocycles. The van der Waals surface area contributed by atoms with E-state index in [4.69, 9.17) is 18.7 Å². The molecule has 0 aliphatic carbocycles. The van der Waals surface area contributed by atoms with Gasteiger partial charge < -0.3 is 24.1 Å². The number of nitrogens with one attached hydrogen (secondary N) is 3. The lowest BCUT2D eigenvalue weighted by atomic mass is 10.1. The number of aromatic amines is 1. The molecular formula is C26H25N5O6S. The number of rotatable bonds is 10. The van der Waals surface area contributed by atoms with E-state index in [1.165, 1.54) is 33.5 Å². The van der Waals surface area contributed by atoms with E-state index in [1.54, 1.807) is 18.2 Å². The van der Waals surface area contributed by atoms with E-state index in [0.717, 1.165) is 11.3 Å².